The standard InChI is InChI=1S/C17H24N2O3/c1-3-19(17(21)13-6-4-5-7-13)12-16(20)18-14-8-10-15(22-2)11-9-14/h8-11,13H,3-7,12H2,1-2H3,(H,18,20). The van der Waals surface area contributed by atoms with Gasteiger partial charge in [0.25, 0.3) is 0 Å². The van der Waals surface area contributed by atoms with Gasteiger partial charge in [-0.1, -0.05) is 12.8 Å². The zero-order chi connectivity index (χ0) is 15.9. The Bertz CT molecular complexity index is 507. The molecule has 2 amide bonds. The Balaban J connectivity index is 1.89. The summed E-state index contributed by atoms with van der Waals surface area (Å²) in [6.07, 6.45) is 4.14. The molecule has 1 aromatic carbocycles. The number of carbonyl (C=O) groups excluding carboxylic acids is 2. The highest BCUT2D eigenvalue weighted by molar-refractivity contribution is 5.94. The first-order valence-electron chi connectivity index (χ1n) is 7.86. The van der Waals surface area contributed by atoms with E-state index in [9.17, 15) is 9.59 Å². The first-order valence-corrected chi connectivity index (χ1v) is 7.86. The molecule has 0 bridgehead atoms. The van der Waals surface area contributed by atoms with Gasteiger partial charge in [0.05, 0.1) is 13.7 Å². The molecule has 5 heteroatoms. The predicted molar refractivity (Wildman–Crippen MR) is 85.8 cm³/mol. The maximum atomic E-state index is 12.4. The molecule has 0 radical (unpaired) electrons. The van der Waals surface area contributed by atoms with Crippen molar-refractivity contribution < 1.29 is 14.3 Å². The summed E-state index contributed by atoms with van der Waals surface area (Å²) >= 11 is 0. The molecule has 1 aliphatic carbocycles. The number of nitrogens with one attached hydrogen (secondary N) is 1. The third kappa shape index (κ3) is 4.23. The zero-order valence-corrected chi connectivity index (χ0v) is 13.3. The van der Waals surface area contributed by atoms with Gasteiger partial charge in [0.15, 0.2) is 0 Å². The number of benzene rings is 1. The molecule has 0 saturated heterocycles. The molecule has 2 rings (SSSR count). The van der Waals surface area contributed by atoms with Crippen LogP contribution in [0.2, 0.25) is 0 Å². The van der Waals surface area contributed by atoms with Crippen molar-refractivity contribution >= 4 is 17.5 Å². The monoisotopic (exact) mass is 304 g/mol. The minimum absolute atomic E-state index is 0.105. The first-order chi connectivity index (χ1) is 10.6. The lowest BCUT2D eigenvalue weighted by Gasteiger charge is -2.23. The predicted octanol–water partition coefficient (Wildman–Crippen LogP) is 2.67. The molecule has 22 heavy (non-hydrogen) atoms. The van der Waals surface area contributed by atoms with Gasteiger partial charge < -0.3 is 15.0 Å². The van der Waals surface area contributed by atoms with Crippen molar-refractivity contribution in [2.75, 3.05) is 25.5 Å². The van der Waals surface area contributed by atoms with Crippen LogP contribution in [0.3, 0.4) is 0 Å². The Hall–Kier alpha value is -2.04. The van der Waals surface area contributed by atoms with Gasteiger partial charge in [-0.25, -0.2) is 0 Å². The third-order valence-corrected chi connectivity index (χ3v) is 4.11. The van der Waals surface area contributed by atoms with E-state index in [1.54, 1.807) is 36.3 Å². The quantitative estimate of drug-likeness (QED) is 0.879. The number of rotatable bonds is 6. The van der Waals surface area contributed by atoms with Crippen molar-refractivity contribution in [1.29, 1.82) is 0 Å². The SMILES string of the molecule is CCN(CC(=O)Nc1ccc(OC)cc1)C(=O)C1CCCC1. The van der Waals surface area contributed by atoms with Crippen LogP contribution < -0.4 is 10.1 Å². The molecule has 0 aromatic heterocycles. The summed E-state index contributed by atoms with van der Waals surface area (Å²) in [7, 11) is 1.60. The van der Waals surface area contributed by atoms with Crippen molar-refractivity contribution in [3.63, 3.8) is 0 Å². The van der Waals surface area contributed by atoms with E-state index >= 15 is 0 Å². The highest BCUT2D eigenvalue weighted by Gasteiger charge is 2.27. The maximum absolute atomic E-state index is 12.4. The minimum Gasteiger partial charge on any atom is -0.497 e. The van der Waals surface area contributed by atoms with Crippen LogP contribution in [0.1, 0.15) is 32.6 Å². The number of hydrogen-bond donors (Lipinski definition) is 1. The van der Waals surface area contributed by atoms with Crippen LogP contribution in [0.4, 0.5) is 5.69 Å². The van der Waals surface area contributed by atoms with E-state index in [2.05, 4.69) is 5.32 Å². The van der Waals surface area contributed by atoms with Gasteiger partial charge in [0.1, 0.15) is 5.75 Å². The van der Waals surface area contributed by atoms with E-state index in [0.717, 1.165) is 31.4 Å². The van der Waals surface area contributed by atoms with Crippen molar-refractivity contribution in [3.8, 4) is 5.75 Å². The van der Waals surface area contributed by atoms with Crippen LogP contribution in [0.5, 0.6) is 5.75 Å². The molecule has 120 valence electrons. The molecule has 0 unspecified atom stereocenters. The Kier molecular flexibility index (Phi) is 5.81. The number of methoxy groups -OCH3 is 1. The van der Waals surface area contributed by atoms with Crippen LogP contribution in [0.15, 0.2) is 24.3 Å². The van der Waals surface area contributed by atoms with E-state index in [0.29, 0.717) is 12.2 Å². The summed E-state index contributed by atoms with van der Waals surface area (Å²) in [5.74, 6) is 0.793. The number of amides is 2. The number of nitrogens with zero attached hydrogens (tertiary/aromatic N) is 1. The van der Waals surface area contributed by atoms with E-state index < -0.39 is 0 Å². The smallest absolute Gasteiger partial charge is 0.243 e. The van der Waals surface area contributed by atoms with Gasteiger partial charge in [-0.2, -0.15) is 0 Å². The summed E-state index contributed by atoms with van der Waals surface area (Å²) in [6.45, 7) is 2.58. The second-order valence-electron chi connectivity index (χ2n) is 5.61. The molecule has 1 saturated carbocycles. The summed E-state index contributed by atoms with van der Waals surface area (Å²) in [5.41, 5.74) is 0.704. The van der Waals surface area contributed by atoms with Gasteiger partial charge in [-0.15, -0.1) is 0 Å². The van der Waals surface area contributed by atoms with Crippen molar-refractivity contribution in [1.82, 2.24) is 4.90 Å². The normalized spacial score (nSPS) is 14.6. The molecule has 1 fully saturated rings. The third-order valence-electron chi connectivity index (χ3n) is 4.11. The van der Waals surface area contributed by atoms with Gasteiger partial charge in [0.2, 0.25) is 11.8 Å². The number of likely N-dealkylation sites (N-methyl/N-ethyl adjacent to an activating group) is 1. The molecule has 1 aliphatic rings. The fourth-order valence-electron chi connectivity index (χ4n) is 2.82. The second kappa shape index (κ2) is 7.82. The first kappa shape index (κ1) is 16.3. The summed E-state index contributed by atoms with van der Waals surface area (Å²) in [4.78, 5) is 26.1. The van der Waals surface area contributed by atoms with Crippen LogP contribution in [0.25, 0.3) is 0 Å². The maximum Gasteiger partial charge on any atom is 0.243 e. The topological polar surface area (TPSA) is 58.6 Å². The van der Waals surface area contributed by atoms with Crippen LogP contribution in [-0.2, 0) is 9.59 Å². The molecular weight excluding hydrogens is 280 g/mol. The largest absolute Gasteiger partial charge is 0.497 e. The summed E-state index contributed by atoms with van der Waals surface area (Å²) in [6, 6.07) is 7.14. The van der Waals surface area contributed by atoms with Crippen LogP contribution in [-0.4, -0.2) is 36.9 Å². The Labute approximate surface area is 131 Å². The molecule has 5 nitrogen and oxygen atoms in total. The van der Waals surface area contributed by atoms with Gasteiger partial charge >= 0.3 is 0 Å². The lowest BCUT2D eigenvalue weighted by molar-refractivity contribution is -0.138. The van der Waals surface area contributed by atoms with Gasteiger partial charge in [-0.05, 0) is 44.0 Å². The zero-order valence-electron chi connectivity index (χ0n) is 13.3. The minimum atomic E-state index is -0.168. The Morgan fingerprint density at radius 3 is 2.41 bits per heavy atom. The Morgan fingerprint density at radius 1 is 1.23 bits per heavy atom. The molecule has 0 heterocycles. The number of carbonyl (C=O) groups is 2. The number of anilines is 1. The van der Waals surface area contributed by atoms with Gasteiger partial charge in [-0.3, -0.25) is 9.59 Å². The van der Waals surface area contributed by atoms with E-state index in [1.807, 2.05) is 6.92 Å². The molecular formula is C17H24N2O3. The second-order valence-corrected chi connectivity index (χ2v) is 5.61. The Morgan fingerprint density at radius 2 is 1.86 bits per heavy atom. The molecule has 1 aromatic rings. The van der Waals surface area contributed by atoms with Crippen LogP contribution in [0, 0.1) is 5.92 Å². The molecule has 0 spiro atoms. The highest BCUT2D eigenvalue weighted by atomic mass is 16.5. The van der Waals surface area contributed by atoms with E-state index in [1.165, 1.54) is 0 Å². The van der Waals surface area contributed by atoms with Crippen molar-refractivity contribution in [2.45, 2.75) is 32.6 Å². The summed E-state index contributed by atoms with van der Waals surface area (Å²) < 4.78 is 5.08. The fourth-order valence-corrected chi connectivity index (χ4v) is 2.82. The van der Waals surface area contributed by atoms with Gasteiger partial charge in [0, 0.05) is 18.2 Å². The number of hydrogen-bond acceptors (Lipinski definition) is 3. The highest BCUT2D eigenvalue weighted by Crippen LogP contribution is 2.26. The van der Waals surface area contributed by atoms with Crippen LogP contribution >= 0.6 is 0 Å². The van der Waals surface area contributed by atoms with E-state index in [-0.39, 0.29) is 24.3 Å². The summed E-state index contributed by atoms with van der Waals surface area (Å²) in [5, 5.41) is 2.82. The molecule has 1 N–H and O–H groups in total. The van der Waals surface area contributed by atoms with Crippen molar-refractivity contribution in [2.24, 2.45) is 5.92 Å². The van der Waals surface area contributed by atoms with E-state index in [4.69, 9.17) is 4.74 Å². The lowest BCUT2D eigenvalue weighted by Crippen LogP contribution is -2.40. The molecule has 0 atom stereocenters. The molecule has 0 aliphatic heterocycles. The number of ether oxygens (including phenoxy) is 1. The average molecular weight is 304 g/mol. The average Bonchev–Trinajstić information content (AvgIpc) is 3.07. The van der Waals surface area contributed by atoms with Crippen molar-refractivity contribution in [3.05, 3.63) is 24.3 Å². The fraction of sp³-hybridized carbons (Fsp3) is 0.529. The lowest BCUT2D eigenvalue weighted by atomic mass is 10.1.